The molecule has 0 atom stereocenters. The highest BCUT2D eigenvalue weighted by Crippen LogP contribution is 2.57. The van der Waals surface area contributed by atoms with E-state index in [-0.39, 0.29) is 23.1 Å². The van der Waals surface area contributed by atoms with Gasteiger partial charge in [-0.3, -0.25) is 0 Å². The summed E-state index contributed by atoms with van der Waals surface area (Å²) < 4.78 is 0. The fourth-order valence-electron chi connectivity index (χ4n) is 9.40. The van der Waals surface area contributed by atoms with E-state index in [4.69, 9.17) is 0 Å². The van der Waals surface area contributed by atoms with Gasteiger partial charge in [0.15, 0.2) is 0 Å². The zero-order valence-corrected chi connectivity index (χ0v) is 25.6. The quantitative estimate of drug-likeness (QED) is 0.151. The SMILES string of the molecule is O=C(Nc1ccc2cc3ccccc3cc2c1)NC12CC3CC(C1)CC(NC(=O)Nc1ccc4cc5ccccc5cc4c1)(C3)C2. The highest BCUT2D eigenvalue weighted by Gasteiger charge is 2.58. The van der Waals surface area contributed by atoms with E-state index < -0.39 is 0 Å². The van der Waals surface area contributed by atoms with Crippen LogP contribution >= 0.6 is 0 Å². The first-order valence-electron chi connectivity index (χ1n) is 16.4. The summed E-state index contributed by atoms with van der Waals surface area (Å²) in [7, 11) is 0. The molecule has 0 heterocycles. The maximum Gasteiger partial charge on any atom is 0.319 e. The van der Waals surface area contributed by atoms with Gasteiger partial charge in [0.2, 0.25) is 0 Å². The van der Waals surface area contributed by atoms with Crippen LogP contribution in [0.25, 0.3) is 43.1 Å². The summed E-state index contributed by atoms with van der Waals surface area (Å²) in [4.78, 5) is 27.0. The summed E-state index contributed by atoms with van der Waals surface area (Å²) in [6.45, 7) is 0. The molecule has 4 bridgehead atoms. The van der Waals surface area contributed by atoms with E-state index in [0.29, 0.717) is 11.8 Å². The van der Waals surface area contributed by atoms with Gasteiger partial charge in [0.1, 0.15) is 0 Å². The average Bonchev–Trinajstić information content (AvgIpc) is 3.01. The van der Waals surface area contributed by atoms with E-state index in [2.05, 4.69) is 94.1 Å². The molecule has 0 saturated heterocycles. The van der Waals surface area contributed by atoms with Gasteiger partial charge in [0, 0.05) is 22.5 Å². The topological polar surface area (TPSA) is 82.3 Å². The summed E-state index contributed by atoms with van der Waals surface area (Å²) in [5.74, 6) is 0.981. The molecular formula is C40H36N4O2. The Morgan fingerprint density at radius 3 is 1.26 bits per heavy atom. The van der Waals surface area contributed by atoms with Crippen molar-refractivity contribution in [1.29, 1.82) is 0 Å². The van der Waals surface area contributed by atoms with Gasteiger partial charge in [-0.05, 0) is 142 Å². The van der Waals surface area contributed by atoms with Gasteiger partial charge >= 0.3 is 12.1 Å². The van der Waals surface area contributed by atoms with Crippen LogP contribution in [0.4, 0.5) is 21.0 Å². The smallest absolute Gasteiger partial charge is 0.319 e. The van der Waals surface area contributed by atoms with Crippen molar-refractivity contribution in [3.8, 4) is 0 Å². The number of hydrogen-bond donors (Lipinski definition) is 4. The number of rotatable bonds is 4. The average molecular weight is 605 g/mol. The Morgan fingerprint density at radius 1 is 0.478 bits per heavy atom. The van der Waals surface area contributed by atoms with Crippen LogP contribution in [0.2, 0.25) is 0 Å². The number of carbonyl (C=O) groups excluding carboxylic acids is 2. The largest absolute Gasteiger partial charge is 0.332 e. The van der Waals surface area contributed by atoms with E-state index >= 15 is 0 Å². The summed E-state index contributed by atoms with van der Waals surface area (Å²) in [5.41, 5.74) is 0.915. The number of urea groups is 2. The van der Waals surface area contributed by atoms with Gasteiger partial charge in [-0.1, -0.05) is 60.7 Å². The predicted octanol–water partition coefficient (Wildman–Crippen LogP) is 9.33. The number of anilines is 2. The number of benzene rings is 6. The highest BCUT2D eigenvalue weighted by atomic mass is 16.2. The minimum Gasteiger partial charge on any atom is -0.332 e. The van der Waals surface area contributed by atoms with Crippen LogP contribution in [-0.4, -0.2) is 23.1 Å². The zero-order chi connectivity index (χ0) is 30.9. The first-order chi connectivity index (χ1) is 22.4. The first-order valence-corrected chi connectivity index (χ1v) is 16.4. The van der Waals surface area contributed by atoms with Crippen molar-refractivity contribution in [2.75, 3.05) is 10.6 Å². The fourth-order valence-corrected chi connectivity index (χ4v) is 9.40. The van der Waals surface area contributed by atoms with Gasteiger partial charge in [0.25, 0.3) is 0 Å². The molecule has 228 valence electrons. The van der Waals surface area contributed by atoms with Crippen molar-refractivity contribution in [3.05, 3.63) is 109 Å². The summed E-state index contributed by atoms with van der Waals surface area (Å²) >= 11 is 0. The predicted molar refractivity (Wildman–Crippen MR) is 187 cm³/mol. The first kappa shape index (κ1) is 27.2. The summed E-state index contributed by atoms with van der Waals surface area (Å²) in [5, 5.41) is 22.3. The highest BCUT2D eigenvalue weighted by molar-refractivity contribution is 6.02. The molecule has 6 nitrogen and oxygen atoms in total. The second-order valence-corrected chi connectivity index (χ2v) is 14.2. The lowest BCUT2D eigenvalue weighted by molar-refractivity contribution is -0.0400. The lowest BCUT2D eigenvalue weighted by atomic mass is 9.50. The molecule has 4 saturated carbocycles. The molecular weight excluding hydrogens is 568 g/mol. The molecule has 0 aliphatic heterocycles. The van der Waals surface area contributed by atoms with Gasteiger partial charge in [-0.25, -0.2) is 9.59 Å². The van der Waals surface area contributed by atoms with Gasteiger partial charge < -0.3 is 21.3 Å². The summed E-state index contributed by atoms with van der Waals surface area (Å²) in [6.07, 6.45) is 5.78. The Bertz CT molecular complexity index is 2040. The van der Waals surface area contributed by atoms with Crippen LogP contribution in [0, 0.1) is 11.8 Å². The summed E-state index contributed by atoms with van der Waals surface area (Å²) in [6, 6.07) is 37.2. The molecule has 6 heteroatoms. The minimum absolute atomic E-state index is 0.176. The number of fused-ring (bicyclic) bond motifs is 4. The van der Waals surface area contributed by atoms with E-state index in [1.807, 2.05) is 36.4 Å². The van der Waals surface area contributed by atoms with E-state index in [1.165, 1.54) is 28.0 Å². The molecule has 6 aromatic rings. The van der Waals surface area contributed by atoms with Crippen LogP contribution in [0.15, 0.2) is 109 Å². The molecule has 10 rings (SSSR count). The molecule has 6 aromatic carbocycles. The Balaban J connectivity index is 0.903. The molecule has 46 heavy (non-hydrogen) atoms. The molecule has 0 spiro atoms. The third-order valence-electron chi connectivity index (χ3n) is 10.7. The van der Waals surface area contributed by atoms with Crippen LogP contribution in [0.1, 0.15) is 38.5 Å². The molecule has 0 aromatic heterocycles. The van der Waals surface area contributed by atoms with Gasteiger partial charge in [-0.2, -0.15) is 0 Å². The molecule has 4 aliphatic rings. The number of amides is 4. The van der Waals surface area contributed by atoms with Crippen LogP contribution in [0.3, 0.4) is 0 Å². The molecule has 4 amide bonds. The molecule has 0 unspecified atom stereocenters. The van der Waals surface area contributed by atoms with Crippen molar-refractivity contribution in [3.63, 3.8) is 0 Å². The van der Waals surface area contributed by atoms with E-state index in [0.717, 1.165) is 65.0 Å². The Morgan fingerprint density at radius 2 is 0.848 bits per heavy atom. The van der Waals surface area contributed by atoms with Crippen molar-refractivity contribution < 1.29 is 9.59 Å². The van der Waals surface area contributed by atoms with Crippen molar-refractivity contribution in [2.24, 2.45) is 11.8 Å². The minimum atomic E-state index is -0.321. The van der Waals surface area contributed by atoms with Gasteiger partial charge in [0.05, 0.1) is 0 Å². The van der Waals surface area contributed by atoms with E-state index in [1.54, 1.807) is 0 Å². The Hall–Kier alpha value is -5.10. The zero-order valence-electron chi connectivity index (χ0n) is 25.6. The standard InChI is InChI=1S/C40H36N4O2/c45-37(41-35-11-9-31-14-27-5-1-3-7-29(27)16-33(31)18-35)43-39-20-25-13-26(21-39)23-40(22-25,24-39)44-38(46)42-36-12-10-32-15-28-6-2-4-8-30(28)17-34(32)19-36/h1-12,14-19,25-26H,13,20-24H2,(H2,41,43,45)(H2,42,44,46). The molecule has 4 N–H and O–H groups in total. The van der Waals surface area contributed by atoms with Crippen molar-refractivity contribution in [2.45, 2.75) is 49.6 Å². The van der Waals surface area contributed by atoms with Crippen LogP contribution in [0.5, 0.6) is 0 Å². The lowest BCUT2D eigenvalue weighted by Crippen LogP contribution is -2.70. The lowest BCUT2D eigenvalue weighted by Gasteiger charge is -2.62. The molecule has 4 aliphatic carbocycles. The fraction of sp³-hybridized carbons (Fsp3) is 0.250. The van der Waals surface area contributed by atoms with Crippen LogP contribution < -0.4 is 21.3 Å². The van der Waals surface area contributed by atoms with E-state index in [9.17, 15) is 9.59 Å². The maximum atomic E-state index is 13.5. The normalized spacial score (nSPS) is 24.8. The van der Waals surface area contributed by atoms with Crippen LogP contribution in [-0.2, 0) is 0 Å². The Labute approximate surface area is 267 Å². The second kappa shape index (κ2) is 10.2. The molecule has 0 radical (unpaired) electrons. The Kier molecular flexibility index (Phi) is 6.04. The van der Waals surface area contributed by atoms with Crippen molar-refractivity contribution >= 4 is 66.5 Å². The monoisotopic (exact) mass is 604 g/mol. The van der Waals surface area contributed by atoms with Crippen molar-refractivity contribution in [1.82, 2.24) is 10.6 Å². The second-order valence-electron chi connectivity index (χ2n) is 14.2. The maximum absolute atomic E-state index is 13.5. The molecule has 4 fully saturated rings. The number of carbonyl (C=O) groups is 2. The number of hydrogen-bond acceptors (Lipinski definition) is 2. The third kappa shape index (κ3) is 4.89. The van der Waals surface area contributed by atoms with Gasteiger partial charge in [-0.15, -0.1) is 0 Å². The number of nitrogens with one attached hydrogen (secondary N) is 4. The third-order valence-corrected chi connectivity index (χ3v) is 10.7.